The second-order valence-electron chi connectivity index (χ2n) is 3.26. The van der Waals surface area contributed by atoms with Crippen LogP contribution in [-0.2, 0) is 4.79 Å². The fourth-order valence-electron chi connectivity index (χ4n) is 1.13. The third-order valence-corrected chi connectivity index (χ3v) is 2.15. The molecule has 0 aliphatic carbocycles. The molecule has 16 heavy (non-hydrogen) atoms. The molecule has 0 saturated carbocycles. The Balaban J connectivity index is 2.44. The molecule has 0 aliphatic heterocycles. The first-order chi connectivity index (χ1) is 7.72. The van der Waals surface area contributed by atoms with Crippen LogP contribution in [-0.4, -0.2) is 24.2 Å². The van der Waals surface area contributed by atoms with Gasteiger partial charge in [-0.05, 0) is 30.2 Å². The van der Waals surface area contributed by atoms with Gasteiger partial charge in [0.2, 0.25) is 5.91 Å². The predicted octanol–water partition coefficient (Wildman–Crippen LogP) is 1.85. The lowest BCUT2D eigenvalue weighted by atomic mass is 10.2. The number of carbonyl (C=O) groups excluding carboxylic acids is 1. The maximum absolute atomic E-state index is 11.3. The van der Waals surface area contributed by atoms with Crippen molar-refractivity contribution in [2.24, 2.45) is 0 Å². The van der Waals surface area contributed by atoms with Gasteiger partial charge in [-0.25, -0.2) is 0 Å². The zero-order valence-electron chi connectivity index (χ0n) is 8.82. The van der Waals surface area contributed by atoms with E-state index in [1.165, 1.54) is 6.08 Å². The highest BCUT2D eigenvalue weighted by Crippen LogP contribution is 2.11. The van der Waals surface area contributed by atoms with Gasteiger partial charge in [0.05, 0.1) is 0 Å². The summed E-state index contributed by atoms with van der Waals surface area (Å²) in [5, 5.41) is 11.8. The van der Waals surface area contributed by atoms with Gasteiger partial charge in [-0.15, -0.1) is 0 Å². The van der Waals surface area contributed by atoms with Crippen molar-refractivity contribution in [3.63, 3.8) is 0 Å². The second kappa shape index (κ2) is 7.04. The summed E-state index contributed by atoms with van der Waals surface area (Å²) < 4.78 is 0. The van der Waals surface area contributed by atoms with E-state index in [0.29, 0.717) is 18.0 Å². The van der Waals surface area contributed by atoms with Crippen LogP contribution in [0.4, 0.5) is 0 Å². The third-order valence-electron chi connectivity index (χ3n) is 1.91. The zero-order chi connectivity index (χ0) is 11.8. The lowest BCUT2D eigenvalue weighted by Crippen LogP contribution is -2.22. The number of hydrogen-bond donors (Lipinski definition) is 2. The first-order valence-electron chi connectivity index (χ1n) is 5.04. The summed E-state index contributed by atoms with van der Waals surface area (Å²) in [6.07, 6.45) is 3.71. The van der Waals surface area contributed by atoms with Gasteiger partial charge in [-0.2, -0.15) is 0 Å². The molecular weight excluding hydrogens is 226 g/mol. The average Bonchev–Trinajstić information content (AvgIpc) is 2.27. The first-order valence-corrected chi connectivity index (χ1v) is 5.42. The minimum absolute atomic E-state index is 0.0816. The number of rotatable bonds is 5. The van der Waals surface area contributed by atoms with Crippen molar-refractivity contribution in [1.29, 1.82) is 0 Å². The molecule has 0 spiro atoms. The number of aliphatic hydroxyl groups is 1. The summed E-state index contributed by atoms with van der Waals surface area (Å²) in [5.74, 6) is -0.173. The van der Waals surface area contributed by atoms with Crippen LogP contribution < -0.4 is 5.32 Å². The Labute approximate surface area is 99.7 Å². The van der Waals surface area contributed by atoms with E-state index < -0.39 is 0 Å². The molecule has 1 amide bonds. The highest BCUT2D eigenvalue weighted by atomic mass is 35.5. The van der Waals surface area contributed by atoms with Crippen LogP contribution in [0.5, 0.6) is 0 Å². The molecule has 0 bridgehead atoms. The van der Waals surface area contributed by atoms with Gasteiger partial charge in [-0.1, -0.05) is 23.7 Å². The SMILES string of the molecule is O=C(/C=C/c1cccc(Cl)c1)NCCCO. The smallest absolute Gasteiger partial charge is 0.244 e. The fraction of sp³-hybridized carbons (Fsp3) is 0.250. The molecule has 4 heteroatoms. The Hall–Kier alpha value is -1.32. The van der Waals surface area contributed by atoms with E-state index in [9.17, 15) is 4.79 Å². The van der Waals surface area contributed by atoms with Crippen LogP contribution in [0.15, 0.2) is 30.3 Å². The zero-order valence-corrected chi connectivity index (χ0v) is 9.57. The molecule has 0 radical (unpaired) electrons. The van der Waals surface area contributed by atoms with E-state index in [0.717, 1.165) is 5.56 Å². The number of hydrogen-bond acceptors (Lipinski definition) is 2. The van der Waals surface area contributed by atoms with Crippen LogP contribution in [0.2, 0.25) is 5.02 Å². The molecular formula is C12H14ClNO2. The van der Waals surface area contributed by atoms with Crippen molar-refractivity contribution in [2.75, 3.05) is 13.2 Å². The third kappa shape index (κ3) is 4.96. The van der Waals surface area contributed by atoms with Crippen LogP contribution in [0.3, 0.4) is 0 Å². The molecule has 0 heterocycles. The molecule has 1 aromatic carbocycles. The summed E-state index contributed by atoms with van der Waals surface area (Å²) in [6, 6.07) is 7.24. The van der Waals surface area contributed by atoms with Gasteiger partial charge in [0.1, 0.15) is 0 Å². The maximum atomic E-state index is 11.3. The van der Waals surface area contributed by atoms with Crippen molar-refractivity contribution in [1.82, 2.24) is 5.32 Å². The molecule has 0 unspecified atom stereocenters. The summed E-state index contributed by atoms with van der Waals surface area (Å²) in [7, 11) is 0. The molecule has 0 saturated heterocycles. The highest BCUT2D eigenvalue weighted by Gasteiger charge is 1.94. The first kappa shape index (κ1) is 12.7. The lowest BCUT2D eigenvalue weighted by Gasteiger charge is -1.99. The van der Waals surface area contributed by atoms with Gasteiger partial charge in [-0.3, -0.25) is 4.79 Å². The lowest BCUT2D eigenvalue weighted by molar-refractivity contribution is -0.116. The number of amides is 1. The fourth-order valence-corrected chi connectivity index (χ4v) is 1.33. The number of nitrogens with one attached hydrogen (secondary N) is 1. The predicted molar refractivity (Wildman–Crippen MR) is 65.2 cm³/mol. The van der Waals surface area contributed by atoms with Crippen LogP contribution in [0.25, 0.3) is 6.08 Å². The molecule has 1 aromatic rings. The van der Waals surface area contributed by atoms with E-state index in [1.807, 2.05) is 12.1 Å². The van der Waals surface area contributed by atoms with Crippen molar-refractivity contribution < 1.29 is 9.90 Å². The largest absolute Gasteiger partial charge is 0.396 e. The number of benzene rings is 1. The summed E-state index contributed by atoms with van der Waals surface area (Å²) in [5.41, 5.74) is 0.879. The molecule has 0 fully saturated rings. The van der Waals surface area contributed by atoms with Crippen LogP contribution in [0, 0.1) is 0 Å². The molecule has 0 atom stereocenters. The normalized spacial score (nSPS) is 10.6. The van der Waals surface area contributed by atoms with E-state index in [4.69, 9.17) is 16.7 Å². The molecule has 3 nitrogen and oxygen atoms in total. The molecule has 0 aromatic heterocycles. The van der Waals surface area contributed by atoms with Crippen LogP contribution in [0.1, 0.15) is 12.0 Å². The van der Waals surface area contributed by atoms with Crippen molar-refractivity contribution in [3.05, 3.63) is 40.9 Å². The average molecular weight is 240 g/mol. The van der Waals surface area contributed by atoms with E-state index in [1.54, 1.807) is 18.2 Å². The summed E-state index contributed by atoms with van der Waals surface area (Å²) in [4.78, 5) is 11.3. The molecule has 0 aliphatic rings. The Morgan fingerprint density at radius 2 is 2.31 bits per heavy atom. The minimum atomic E-state index is -0.173. The Morgan fingerprint density at radius 3 is 3.00 bits per heavy atom. The molecule has 2 N–H and O–H groups in total. The topological polar surface area (TPSA) is 49.3 Å². The number of carbonyl (C=O) groups is 1. The molecule has 86 valence electrons. The summed E-state index contributed by atoms with van der Waals surface area (Å²) in [6.45, 7) is 0.563. The van der Waals surface area contributed by atoms with Crippen molar-refractivity contribution in [2.45, 2.75) is 6.42 Å². The van der Waals surface area contributed by atoms with Gasteiger partial charge in [0.15, 0.2) is 0 Å². The van der Waals surface area contributed by atoms with E-state index >= 15 is 0 Å². The van der Waals surface area contributed by atoms with Gasteiger partial charge < -0.3 is 10.4 Å². The van der Waals surface area contributed by atoms with E-state index in [2.05, 4.69) is 5.32 Å². The monoisotopic (exact) mass is 239 g/mol. The van der Waals surface area contributed by atoms with Gasteiger partial charge in [0.25, 0.3) is 0 Å². The van der Waals surface area contributed by atoms with E-state index in [-0.39, 0.29) is 12.5 Å². The Bertz CT molecular complexity index is 377. The molecule has 1 rings (SSSR count). The maximum Gasteiger partial charge on any atom is 0.244 e. The second-order valence-corrected chi connectivity index (χ2v) is 3.69. The standard InChI is InChI=1S/C12H14ClNO2/c13-11-4-1-3-10(9-11)5-6-12(16)14-7-2-8-15/h1,3-6,9,15H,2,7-8H2,(H,14,16)/b6-5+. The quantitative estimate of drug-likeness (QED) is 0.609. The Morgan fingerprint density at radius 1 is 1.50 bits per heavy atom. The van der Waals surface area contributed by atoms with Gasteiger partial charge in [0, 0.05) is 24.3 Å². The van der Waals surface area contributed by atoms with Crippen molar-refractivity contribution in [3.8, 4) is 0 Å². The Kier molecular flexibility index (Phi) is 5.61. The van der Waals surface area contributed by atoms with Crippen molar-refractivity contribution >= 4 is 23.6 Å². The number of aliphatic hydroxyl groups excluding tert-OH is 1. The van der Waals surface area contributed by atoms with Gasteiger partial charge >= 0.3 is 0 Å². The van der Waals surface area contributed by atoms with Crippen LogP contribution >= 0.6 is 11.6 Å². The highest BCUT2D eigenvalue weighted by molar-refractivity contribution is 6.30. The number of halogens is 1. The summed E-state index contributed by atoms with van der Waals surface area (Å²) >= 11 is 5.80. The minimum Gasteiger partial charge on any atom is -0.396 e.